The van der Waals surface area contributed by atoms with Crippen molar-refractivity contribution >= 4 is 22.4 Å². The molecule has 4 aliphatic heterocycles. The van der Waals surface area contributed by atoms with Gasteiger partial charge in [0, 0.05) is 43.2 Å². The molecule has 1 aromatic carbocycles. The minimum absolute atomic E-state index is 0.0321. The number of nitrogens with zero attached hydrogens (tertiary/aromatic N) is 5. The lowest BCUT2D eigenvalue weighted by Crippen LogP contribution is -2.60. The van der Waals surface area contributed by atoms with Crippen LogP contribution in [0.5, 0.6) is 11.9 Å². The molecule has 3 saturated heterocycles. The van der Waals surface area contributed by atoms with Crippen molar-refractivity contribution in [1.82, 2.24) is 25.2 Å². The molecule has 0 radical (unpaired) electrons. The number of hydrogen-bond acceptors (Lipinski definition) is 9. The number of anilines is 2. The topological polar surface area (TPSA) is 102 Å². The Labute approximate surface area is 257 Å². The molecule has 3 N–H and O–H groups in total. The molecule has 0 saturated carbocycles. The molecule has 4 aliphatic rings. The van der Waals surface area contributed by atoms with Gasteiger partial charge in [-0.1, -0.05) is 6.92 Å². The molecular formula is C31H36F5N7O2. The summed E-state index contributed by atoms with van der Waals surface area (Å²) in [4.78, 5) is 17.8. The Kier molecular flexibility index (Phi) is 7.42. The van der Waals surface area contributed by atoms with E-state index in [1.807, 2.05) is 11.8 Å². The second-order valence-electron chi connectivity index (χ2n) is 12.7. The van der Waals surface area contributed by atoms with E-state index in [0.717, 1.165) is 31.9 Å². The zero-order valence-electron chi connectivity index (χ0n) is 25.3. The molecule has 6 heterocycles. The van der Waals surface area contributed by atoms with Gasteiger partial charge in [0.25, 0.3) is 6.43 Å². The van der Waals surface area contributed by atoms with Crippen LogP contribution in [0.2, 0.25) is 0 Å². The van der Waals surface area contributed by atoms with Crippen LogP contribution >= 0.6 is 0 Å². The van der Waals surface area contributed by atoms with E-state index in [1.54, 1.807) is 0 Å². The molecule has 7 rings (SSSR count). The average Bonchev–Trinajstić information content (AvgIpc) is 3.51. The van der Waals surface area contributed by atoms with Crippen LogP contribution in [0.4, 0.5) is 33.5 Å². The van der Waals surface area contributed by atoms with Crippen molar-refractivity contribution in [1.29, 1.82) is 0 Å². The molecule has 2 aromatic heterocycles. The summed E-state index contributed by atoms with van der Waals surface area (Å²) in [6.07, 6.45) is -1.75. The van der Waals surface area contributed by atoms with Gasteiger partial charge in [0.1, 0.15) is 47.1 Å². The summed E-state index contributed by atoms with van der Waals surface area (Å²) >= 11 is 0. The summed E-state index contributed by atoms with van der Waals surface area (Å²) < 4.78 is 87.0. The molecule has 14 heteroatoms. The van der Waals surface area contributed by atoms with Gasteiger partial charge >= 0.3 is 6.01 Å². The van der Waals surface area contributed by atoms with Gasteiger partial charge in [-0.3, -0.25) is 4.90 Å². The third-order valence-electron chi connectivity index (χ3n) is 10.0. The third-order valence-corrected chi connectivity index (χ3v) is 10.0. The average molecular weight is 634 g/mol. The van der Waals surface area contributed by atoms with Crippen molar-refractivity contribution in [3.8, 4) is 23.1 Å². The number of pyridine rings is 1. The van der Waals surface area contributed by atoms with Crippen molar-refractivity contribution in [2.24, 2.45) is 0 Å². The number of halogens is 5. The van der Waals surface area contributed by atoms with E-state index in [2.05, 4.69) is 27.1 Å². The Morgan fingerprint density at radius 3 is 2.76 bits per heavy atom. The first-order valence-electron chi connectivity index (χ1n) is 15.5. The van der Waals surface area contributed by atoms with E-state index in [1.165, 1.54) is 6.92 Å². The quantitative estimate of drug-likeness (QED) is 0.284. The van der Waals surface area contributed by atoms with Crippen molar-refractivity contribution in [2.75, 3.05) is 43.4 Å². The molecule has 0 spiro atoms. The van der Waals surface area contributed by atoms with Crippen LogP contribution in [0.25, 0.3) is 22.2 Å². The summed E-state index contributed by atoms with van der Waals surface area (Å²) in [7, 11) is 0. The number of aromatic nitrogens is 3. The summed E-state index contributed by atoms with van der Waals surface area (Å²) in [6.45, 7) is 7.38. The van der Waals surface area contributed by atoms with Crippen LogP contribution < -0.4 is 25.4 Å². The number of fused-ring (bicyclic) bond motifs is 3. The van der Waals surface area contributed by atoms with E-state index < -0.39 is 58.4 Å². The summed E-state index contributed by atoms with van der Waals surface area (Å²) in [5.41, 5.74) is 2.71. The largest absolute Gasteiger partial charge is 0.472 e. The second kappa shape index (κ2) is 11.1. The molecule has 5 atom stereocenters. The normalized spacial score (nSPS) is 27.9. The first kappa shape index (κ1) is 30.2. The van der Waals surface area contributed by atoms with Crippen molar-refractivity contribution < 1.29 is 31.4 Å². The van der Waals surface area contributed by atoms with E-state index >= 15 is 4.39 Å². The molecule has 0 aliphatic carbocycles. The van der Waals surface area contributed by atoms with Crippen LogP contribution in [-0.2, 0) is 0 Å². The summed E-state index contributed by atoms with van der Waals surface area (Å²) in [5.74, 6) is -1.69. The zero-order chi connectivity index (χ0) is 31.8. The minimum atomic E-state index is -3.14. The Hall–Kier alpha value is -3.52. The lowest BCUT2D eigenvalue weighted by atomic mass is 9.95. The lowest BCUT2D eigenvalue weighted by Gasteiger charge is -2.42. The molecule has 9 nitrogen and oxygen atoms in total. The van der Waals surface area contributed by atoms with Gasteiger partial charge < -0.3 is 25.4 Å². The number of nitrogens with two attached hydrogens (primary N) is 1. The Morgan fingerprint density at radius 2 is 2.00 bits per heavy atom. The number of ether oxygens (including phenoxy) is 2. The van der Waals surface area contributed by atoms with E-state index in [9.17, 15) is 17.6 Å². The summed E-state index contributed by atoms with van der Waals surface area (Å²) in [6, 6.07) is 0.733. The molecule has 45 heavy (non-hydrogen) atoms. The molecular weight excluding hydrogens is 597 g/mol. The van der Waals surface area contributed by atoms with Crippen LogP contribution in [0.15, 0.2) is 6.07 Å². The number of alkyl halides is 3. The molecule has 3 fully saturated rings. The van der Waals surface area contributed by atoms with Crippen molar-refractivity contribution in [3.63, 3.8) is 0 Å². The predicted molar refractivity (Wildman–Crippen MR) is 159 cm³/mol. The fourth-order valence-corrected chi connectivity index (χ4v) is 7.62. The van der Waals surface area contributed by atoms with Gasteiger partial charge in [-0.15, -0.1) is 0 Å². The number of benzene rings is 1. The standard InChI is InChI=1S/C31H36F5N7O2/c1-4-17-12-43-20(10-38-17)15(3)45-29-22-26(24(34)25(39-29)18-8-19(37)23(33)14(2)21(18)27(35)36)40-30(41-28(22)43)44-13-31-6-5-7-42(31)11-16(32)9-31/h8,15-17,20,27,38H,4-7,9-13,37H2,1-3H3/t15-,16+,17+,20-,31-/m0/s1. The maximum atomic E-state index is 16.7. The third kappa shape index (κ3) is 4.82. The second-order valence-corrected chi connectivity index (χ2v) is 12.7. The highest BCUT2D eigenvalue weighted by Crippen LogP contribution is 2.45. The van der Waals surface area contributed by atoms with Gasteiger partial charge in [-0.25, -0.2) is 26.9 Å². The first-order chi connectivity index (χ1) is 21.5. The smallest absolute Gasteiger partial charge is 0.319 e. The van der Waals surface area contributed by atoms with Crippen molar-refractivity contribution in [3.05, 3.63) is 28.8 Å². The molecule has 3 aromatic rings. The van der Waals surface area contributed by atoms with E-state index in [0.29, 0.717) is 31.9 Å². The zero-order valence-corrected chi connectivity index (χ0v) is 25.3. The fraction of sp³-hybridized carbons (Fsp3) is 0.581. The van der Waals surface area contributed by atoms with Crippen LogP contribution in [-0.4, -0.2) is 82.5 Å². The highest BCUT2D eigenvalue weighted by molar-refractivity contribution is 5.97. The number of piperazine rings is 1. The SMILES string of the molecule is CC[C@@H]1CN2c3nc(OC[C@@]45CCCN4C[C@H](F)C5)nc4c(F)c(-c5cc(N)c(F)c(C)c5C(F)F)nc(c34)O[C@@H](C)[C@@H]2CN1. The minimum Gasteiger partial charge on any atom is -0.472 e. The predicted octanol–water partition coefficient (Wildman–Crippen LogP) is 5.09. The highest BCUT2D eigenvalue weighted by atomic mass is 19.3. The van der Waals surface area contributed by atoms with Crippen LogP contribution in [0.3, 0.4) is 0 Å². The molecule has 0 unspecified atom stereocenters. The Morgan fingerprint density at radius 1 is 1.20 bits per heavy atom. The number of hydrogen-bond donors (Lipinski definition) is 2. The molecule has 0 amide bonds. The number of nitrogens with one attached hydrogen (secondary N) is 1. The van der Waals surface area contributed by atoms with Gasteiger partial charge in [-0.2, -0.15) is 9.97 Å². The van der Waals surface area contributed by atoms with Crippen LogP contribution in [0.1, 0.15) is 57.1 Å². The monoisotopic (exact) mass is 633 g/mol. The Balaban J connectivity index is 1.42. The van der Waals surface area contributed by atoms with Gasteiger partial charge in [0.15, 0.2) is 5.82 Å². The summed E-state index contributed by atoms with van der Waals surface area (Å²) in [5, 5.41) is 3.70. The van der Waals surface area contributed by atoms with E-state index in [-0.39, 0.29) is 47.0 Å². The number of nitrogen functional groups attached to an aromatic ring is 1. The highest BCUT2D eigenvalue weighted by Gasteiger charge is 2.49. The maximum Gasteiger partial charge on any atom is 0.319 e. The molecule has 0 bridgehead atoms. The van der Waals surface area contributed by atoms with Crippen molar-refractivity contribution in [2.45, 2.75) is 82.8 Å². The Bertz CT molecular complexity index is 1660. The first-order valence-corrected chi connectivity index (χ1v) is 15.5. The lowest BCUT2D eigenvalue weighted by molar-refractivity contribution is 0.107. The van der Waals surface area contributed by atoms with Crippen LogP contribution in [0, 0.1) is 18.6 Å². The fourth-order valence-electron chi connectivity index (χ4n) is 7.62. The van der Waals surface area contributed by atoms with E-state index in [4.69, 9.17) is 20.2 Å². The van der Waals surface area contributed by atoms with Gasteiger partial charge in [-0.05, 0) is 51.3 Å². The van der Waals surface area contributed by atoms with Gasteiger partial charge in [0.2, 0.25) is 5.88 Å². The van der Waals surface area contributed by atoms with Gasteiger partial charge in [0.05, 0.1) is 17.3 Å². The number of rotatable bonds is 6. The maximum absolute atomic E-state index is 16.7. The molecule has 242 valence electrons.